The van der Waals surface area contributed by atoms with Gasteiger partial charge in [-0.2, -0.15) is 0 Å². The van der Waals surface area contributed by atoms with E-state index < -0.39 is 12.0 Å². The molecule has 0 amide bonds. The number of nitrogens with zero attached hydrogens (tertiary/aromatic N) is 1. The fourth-order valence-electron chi connectivity index (χ4n) is 3.40. The number of aromatic nitrogens is 1. The molecule has 29 heavy (non-hydrogen) atoms. The number of benzene rings is 1. The van der Waals surface area contributed by atoms with Crippen molar-refractivity contribution in [3.05, 3.63) is 46.3 Å². The first kappa shape index (κ1) is 22.5. The van der Waals surface area contributed by atoms with Crippen molar-refractivity contribution in [1.29, 1.82) is 0 Å². The number of aromatic amines is 1. The molecule has 0 bridgehead atoms. The number of carbonyl (C=O) groups excluding carboxylic acids is 2. The van der Waals surface area contributed by atoms with E-state index >= 15 is 0 Å². The van der Waals surface area contributed by atoms with E-state index in [1.54, 1.807) is 35.0 Å². The minimum Gasteiger partial charge on any atom is -0.493 e. The maximum atomic E-state index is 13.1. The van der Waals surface area contributed by atoms with Crippen molar-refractivity contribution in [3.63, 3.8) is 0 Å². The van der Waals surface area contributed by atoms with Crippen LogP contribution in [0.2, 0.25) is 0 Å². The van der Waals surface area contributed by atoms with Gasteiger partial charge in [-0.1, -0.05) is 12.1 Å². The number of H-pyrrole nitrogens is 1. The number of aryl methyl sites for hydroxylation is 1. The predicted octanol–water partition coefficient (Wildman–Crippen LogP) is 3.53. The zero-order chi connectivity index (χ0) is 21.7. The van der Waals surface area contributed by atoms with Crippen LogP contribution in [-0.2, 0) is 11.3 Å². The fourth-order valence-corrected chi connectivity index (χ4v) is 3.40. The first-order valence-corrected chi connectivity index (χ1v) is 9.57. The summed E-state index contributed by atoms with van der Waals surface area (Å²) in [6, 6.07) is 5.25. The van der Waals surface area contributed by atoms with Crippen LogP contribution >= 0.6 is 0 Å². The molecule has 0 aliphatic rings. The summed E-state index contributed by atoms with van der Waals surface area (Å²) in [5, 5.41) is 0. The van der Waals surface area contributed by atoms with Crippen molar-refractivity contribution < 1.29 is 23.8 Å². The Morgan fingerprint density at radius 2 is 1.86 bits per heavy atom. The summed E-state index contributed by atoms with van der Waals surface area (Å²) in [6.45, 7) is 7.91. The molecule has 2 aromatic rings. The van der Waals surface area contributed by atoms with Gasteiger partial charge in [-0.15, -0.1) is 0 Å². The highest BCUT2D eigenvalue weighted by Gasteiger charge is 2.28. The van der Waals surface area contributed by atoms with Crippen LogP contribution in [0.3, 0.4) is 0 Å². The molecule has 7 nitrogen and oxygen atoms in total. The molecular weight excluding hydrogens is 372 g/mol. The molecule has 1 N–H and O–H groups in total. The van der Waals surface area contributed by atoms with Crippen LogP contribution in [0.15, 0.2) is 18.2 Å². The third-order valence-corrected chi connectivity index (χ3v) is 5.11. The standard InChI is InChI=1S/C22H30N2O5/c1-8-29-22(26)18-13(2)19(23-14(18)3)20(25)15(4)24(5)12-16-10-9-11-17(27-6)21(16)28-7/h9-11,15,23H,8,12H2,1-7H3. The number of para-hydroxylation sites is 1. The number of ether oxygens (including phenoxy) is 3. The minimum absolute atomic E-state index is 0.0921. The fraction of sp³-hybridized carbons (Fsp3) is 0.455. The smallest absolute Gasteiger partial charge is 0.340 e. The number of ketones is 1. The summed E-state index contributed by atoms with van der Waals surface area (Å²) in [7, 11) is 5.06. The number of hydrogen-bond donors (Lipinski definition) is 1. The second-order valence-electron chi connectivity index (χ2n) is 6.95. The quantitative estimate of drug-likeness (QED) is 0.511. The van der Waals surface area contributed by atoms with Crippen LogP contribution in [0, 0.1) is 13.8 Å². The minimum atomic E-state index is -0.419. The highest BCUT2D eigenvalue weighted by Crippen LogP contribution is 2.32. The molecule has 0 saturated carbocycles. The lowest BCUT2D eigenvalue weighted by Crippen LogP contribution is -2.36. The summed E-state index contributed by atoms with van der Waals surface area (Å²) in [5.41, 5.74) is 3.03. The molecule has 1 unspecified atom stereocenters. The van der Waals surface area contributed by atoms with Gasteiger partial charge in [0, 0.05) is 17.8 Å². The van der Waals surface area contributed by atoms with E-state index in [1.165, 1.54) is 0 Å². The van der Waals surface area contributed by atoms with Gasteiger partial charge in [0.1, 0.15) is 0 Å². The number of Topliss-reactive ketones (excluding diaryl/α,β-unsaturated/α-hetero) is 1. The first-order valence-electron chi connectivity index (χ1n) is 9.57. The molecule has 2 rings (SSSR count). The molecule has 1 atom stereocenters. The Hall–Kier alpha value is -2.80. The van der Waals surface area contributed by atoms with Gasteiger partial charge in [-0.05, 0) is 46.4 Å². The van der Waals surface area contributed by atoms with E-state index in [2.05, 4.69) is 4.98 Å². The SMILES string of the molecule is CCOC(=O)c1c(C)[nH]c(C(=O)C(C)N(C)Cc2cccc(OC)c2OC)c1C. The summed E-state index contributed by atoms with van der Waals surface area (Å²) in [6.07, 6.45) is 0. The number of rotatable bonds is 9. The topological polar surface area (TPSA) is 80.9 Å². The van der Waals surface area contributed by atoms with Crippen LogP contribution in [0.1, 0.15) is 51.5 Å². The lowest BCUT2D eigenvalue weighted by atomic mass is 10.0. The maximum absolute atomic E-state index is 13.1. The van der Waals surface area contributed by atoms with Crippen molar-refractivity contribution in [3.8, 4) is 11.5 Å². The van der Waals surface area contributed by atoms with E-state index in [9.17, 15) is 9.59 Å². The van der Waals surface area contributed by atoms with E-state index in [-0.39, 0.29) is 12.4 Å². The van der Waals surface area contributed by atoms with Crippen LogP contribution in [0.5, 0.6) is 11.5 Å². The Balaban J connectivity index is 2.25. The molecule has 158 valence electrons. The van der Waals surface area contributed by atoms with E-state index in [4.69, 9.17) is 14.2 Å². The molecule has 0 radical (unpaired) electrons. The van der Waals surface area contributed by atoms with E-state index in [0.29, 0.717) is 40.6 Å². The Morgan fingerprint density at radius 1 is 1.17 bits per heavy atom. The summed E-state index contributed by atoms with van der Waals surface area (Å²) in [4.78, 5) is 30.3. The van der Waals surface area contributed by atoms with Crippen LogP contribution in [-0.4, -0.2) is 55.6 Å². The van der Waals surface area contributed by atoms with Gasteiger partial charge in [-0.3, -0.25) is 9.69 Å². The Morgan fingerprint density at radius 3 is 2.45 bits per heavy atom. The Kier molecular flexibility index (Phi) is 7.45. The molecule has 1 aromatic carbocycles. The average Bonchev–Trinajstić information content (AvgIpc) is 3.00. The zero-order valence-electron chi connectivity index (χ0n) is 18.2. The number of nitrogens with one attached hydrogen (secondary N) is 1. The molecule has 0 aliphatic heterocycles. The lowest BCUT2D eigenvalue weighted by Gasteiger charge is -2.25. The van der Waals surface area contributed by atoms with Crippen LogP contribution in [0.4, 0.5) is 0 Å². The summed E-state index contributed by atoms with van der Waals surface area (Å²) < 4.78 is 15.9. The third kappa shape index (κ3) is 4.62. The van der Waals surface area contributed by atoms with Gasteiger partial charge in [0.2, 0.25) is 0 Å². The Labute approximate surface area is 172 Å². The largest absolute Gasteiger partial charge is 0.493 e. The van der Waals surface area contributed by atoms with Gasteiger partial charge in [0.05, 0.1) is 38.1 Å². The van der Waals surface area contributed by atoms with Gasteiger partial charge in [0.25, 0.3) is 0 Å². The van der Waals surface area contributed by atoms with Crippen molar-refractivity contribution >= 4 is 11.8 Å². The number of likely N-dealkylation sites (N-methyl/N-ethyl adjacent to an activating group) is 1. The highest BCUT2D eigenvalue weighted by atomic mass is 16.5. The van der Waals surface area contributed by atoms with Crippen molar-refractivity contribution in [2.75, 3.05) is 27.9 Å². The number of carbonyl (C=O) groups is 2. The molecule has 7 heteroatoms. The normalized spacial score (nSPS) is 12.0. The summed E-state index contributed by atoms with van der Waals surface area (Å²) >= 11 is 0. The lowest BCUT2D eigenvalue weighted by molar-refractivity contribution is 0.0525. The number of hydrogen-bond acceptors (Lipinski definition) is 6. The average molecular weight is 402 g/mol. The van der Waals surface area contributed by atoms with Crippen molar-refractivity contribution in [2.24, 2.45) is 0 Å². The van der Waals surface area contributed by atoms with Gasteiger partial charge >= 0.3 is 5.97 Å². The van der Waals surface area contributed by atoms with Gasteiger partial charge in [-0.25, -0.2) is 4.79 Å². The van der Waals surface area contributed by atoms with Gasteiger partial charge in [0.15, 0.2) is 17.3 Å². The third-order valence-electron chi connectivity index (χ3n) is 5.11. The van der Waals surface area contributed by atoms with E-state index in [1.807, 2.05) is 37.1 Å². The second-order valence-corrected chi connectivity index (χ2v) is 6.95. The maximum Gasteiger partial charge on any atom is 0.340 e. The number of methoxy groups -OCH3 is 2. The highest BCUT2D eigenvalue weighted by molar-refractivity contribution is 6.03. The molecule has 0 aliphatic carbocycles. The molecule has 1 heterocycles. The molecule has 0 saturated heterocycles. The van der Waals surface area contributed by atoms with Crippen molar-refractivity contribution in [2.45, 2.75) is 40.3 Å². The second kappa shape index (κ2) is 9.60. The number of esters is 1. The molecule has 0 fully saturated rings. The zero-order valence-corrected chi connectivity index (χ0v) is 18.2. The van der Waals surface area contributed by atoms with Crippen molar-refractivity contribution in [1.82, 2.24) is 9.88 Å². The van der Waals surface area contributed by atoms with E-state index in [0.717, 1.165) is 5.56 Å². The predicted molar refractivity (Wildman–Crippen MR) is 111 cm³/mol. The first-order chi connectivity index (χ1) is 13.8. The molecule has 0 spiro atoms. The Bertz CT molecular complexity index is 888. The molecular formula is C22H30N2O5. The van der Waals surface area contributed by atoms with Gasteiger partial charge < -0.3 is 19.2 Å². The van der Waals surface area contributed by atoms with Crippen LogP contribution in [0.25, 0.3) is 0 Å². The monoisotopic (exact) mass is 402 g/mol. The molecule has 1 aromatic heterocycles. The van der Waals surface area contributed by atoms with Crippen LogP contribution < -0.4 is 9.47 Å². The summed E-state index contributed by atoms with van der Waals surface area (Å²) in [5.74, 6) is 0.788.